The molecule has 0 aliphatic rings. The van der Waals surface area contributed by atoms with Gasteiger partial charge in [0.15, 0.2) is 6.61 Å². The number of nitrogens with one attached hydrogen (secondary N) is 2. The zero-order valence-electron chi connectivity index (χ0n) is 12.4. The van der Waals surface area contributed by atoms with Crippen molar-refractivity contribution >= 4 is 27.6 Å². The Hall–Kier alpha value is -2.13. The molecule has 1 rings (SSSR count). The molecule has 0 spiro atoms. The van der Waals surface area contributed by atoms with Crippen LogP contribution in [0.2, 0.25) is 0 Å². The molecule has 0 fully saturated rings. The Bertz CT molecular complexity index is 669. The summed E-state index contributed by atoms with van der Waals surface area (Å²) in [5, 5.41) is 11.1. The zero-order chi connectivity index (χ0) is 17.0. The molecule has 0 bridgehead atoms. The highest BCUT2D eigenvalue weighted by atomic mass is 32.2. The Labute approximate surface area is 128 Å². The van der Waals surface area contributed by atoms with E-state index in [2.05, 4.69) is 10.0 Å². The van der Waals surface area contributed by atoms with E-state index in [0.29, 0.717) is 5.69 Å². The second-order valence-electron chi connectivity index (χ2n) is 5.16. The number of aliphatic carboxylic acids is 1. The molecular weight excluding hydrogens is 312 g/mol. The summed E-state index contributed by atoms with van der Waals surface area (Å²) in [5.74, 6) is -1.41. The van der Waals surface area contributed by atoms with Crippen LogP contribution in [0.3, 0.4) is 0 Å². The lowest BCUT2D eigenvalue weighted by atomic mass is 10.1. The molecule has 0 aliphatic heterocycles. The van der Waals surface area contributed by atoms with Crippen LogP contribution in [0.1, 0.15) is 13.8 Å². The van der Waals surface area contributed by atoms with Gasteiger partial charge in [-0.15, -0.1) is 0 Å². The van der Waals surface area contributed by atoms with Crippen molar-refractivity contribution in [3.05, 3.63) is 24.3 Å². The van der Waals surface area contributed by atoms with Gasteiger partial charge < -0.3 is 15.2 Å². The monoisotopic (exact) mass is 330 g/mol. The predicted octanol–water partition coefficient (Wildman–Crippen LogP) is 0.416. The predicted molar refractivity (Wildman–Crippen MR) is 80.3 cm³/mol. The van der Waals surface area contributed by atoms with Crippen LogP contribution in [-0.2, 0) is 19.6 Å². The topological polar surface area (TPSA) is 122 Å². The number of hydrogen-bond acceptors (Lipinski definition) is 5. The number of carboxylic acids is 1. The van der Waals surface area contributed by atoms with Crippen molar-refractivity contribution in [1.29, 1.82) is 0 Å². The second kappa shape index (κ2) is 6.75. The molecule has 0 saturated carbocycles. The van der Waals surface area contributed by atoms with Crippen molar-refractivity contribution in [2.75, 3.05) is 18.2 Å². The first-order valence-corrected chi connectivity index (χ1v) is 8.14. The fourth-order valence-corrected chi connectivity index (χ4v) is 2.63. The number of ether oxygens (including phenoxy) is 1. The van der Waals surface area contributed by atoms with E-state index in [0.717, 1.165) is 6.26 Å². The highest BCUT2D eigenvalue weighted by molar-refractivity contribution is 7.88. The smallest absolute Gasteiger partial charge is 0.341 e. The minimum atomic E-state index is -3.55. The summed E-state index contributed by atoms with van der Waals surface area (Å²) in [5.41, 5.74) is -0.984. The van der Waals surface area contributed by atoms with E-state index in [1.54, 1.807) is 18.2 Å². The number of carbonyl (C=O) groups excluding carboxylic acids is 1. The third-order valence-electron chi connectivity index (χ3n) is 2.46. The van der Waals surface area contributed by atoms with Gasteiger partial charge in [-0.1, -0.05) is 6.07 Å². The average molecular weight is 330 g/mol. The van der Waals surface area contributed by atoms with Gasteiger partial charge in [0.2, 0.25) is 15.9 Å². The molecule has 0 radical (unpaired) electrons. The van der Waals surface area contributed by atoms with Crippen LogP contribution in [0.5, 0.6) is 5.75 Å². The molecule has 3 N–H and O–H groups in total. The summed E-state index contributed by atoms with van der Waals surface area (Å²) in [7, 11) is -3.55. The number of carbonyl (C=O) groups is 2. The lowest BCUT2D eigenvalue weighted by Crippen LogP contribution is -2.51. The van der Waals surface area contributed by atoms with Gasteiger partial charge in [0.05, 0.1) is 6.26 Å². The van der Waals surface area contributed by atoms with E-state index in [4.69, 9.17) is 9.84 Å². The van der Waals surface area contributed by atoms with Crippen molar-refractivity contribution in [1.82, 2.24) is 4.72 Å². The second-order valence-corrected chi connectivity index (χ2v) is 6.91. The Morgan fingerprint density at radius 2 is 1.95 bits per heavy atom. The van der Waals surface area contributed by atoms with Crippen molar-refractivity contribution < 1.29 is 27.9 Å². The number of rotatable bonds is 7. The molecule has 1 aromatic rings. The molecule has 22 heavy (non-hydrogen) atoms. The van der Waals surface area contributed by atoms with E-state index in [1.165, 1.54) is 19.9 Å². The highest BCUT2D eigenvalue weighted by Gasteiger charge is 2.30. The van der Waals surface area contributed by atoms with Crippen LogP contribution in [0.25, 0.3) is 0 Å². The largest absolute Gasteiger partial charge is 0.482 e. The molecule has 122 valence electrons. The average Bonchev–Trinajstić information content (AvgIpc) is 2.34. The van der Waals surface area contributed by atoms with E-state index < -0.39 is 34.0 Å². The van der Waals surface area contributed by atoms with E-state index >= 15 is 0 Å². The summed E-state index contributed by atoms with van der Waals surface area (Å²) in [6.07, 6.45) is 0.961. The van der Waals surface area contributed by atoms with Crippen molar-refractivity contribution in [2.45, 2.75) is 19.4 Å². The number of benzene rings is 1. The molecule has 0 atom stereocenters. The molecule has 9 heteroatoms. The van der Waals surface area contributed by atoms with Gasteiger partial charge in [-0.3, -0.25) is 4.79 Å². The Balaban J connectivity index is 2.79. The number of sulfonamides is 1. The van der Waals surface area contributed by atoms with Crippen LogP contribution >= 0.6 is 0 Å². The van der Waals surface area contributed by atoms with Gasteiger partial charge in [0.1, 0.15) is 11.3 Å². The molecular formula is C13H18N2O6S. The number of carboxylic acid groups (broad SMARTS) is 1. The summed E-state index contributed by atoms with van der Waals surface area (Å²) in [4.78, 5) is 22.6. The lowest BCUT2D eigenvalue weighted by Gasteiger charge is -2.23. The van der Waals surface area contributed by atoms with Crippen molar-refractivity contribution in [2.24, 2.45) is 0 Å². The molecule has 8 nitrogen and oxygen atoms in total. The van der Waals surface area contributed by atoms with Crippen molar-refractivity contribution in [3.8, 4) is 5.75 Å². The fraction of sp³-hybridized carbons (Fsp3) is 0.385. The van der Waals surface area contributed by atoms with Crippen LogP contribution in [0, 0.1) is 0 Å². The first-order chi connectivity index (χ1) is 9.99. The van der Waals surface area contributed by atoms with E-state index in [9.17, 15) is 18.0 Å². The number of anilines is 1. The SMILES string of the molecule is CC(C)(NS(C)(=O)=O)C(=O)Nc1cccc(OCC(=O)O)c1. The summed E-state index contributed by atoms with van der Waals surface area (Å²) >= 11 is 0. The molecule has 0 unspecified atom stereocenters. The zero-order valence-corrected chi connectivity index (χ0v) is 13.2. The fourth-order valence-electron chi connectivity index (χ4n) is 1.61. The molecule has 0 aromatic heterocycles. The summed E-state index contributed by atoms with van der Waals surface area (Å²) in [6, 6.07) is 6.13. The Kier molecular flexibility index (Phi) is 5.50. The van der Waals surface area contributed by atoms with Crippen molar-refractivity contribution in [3.63, 3.8) is 0 Å². The number of hydrogen-bond donors (Lipinski definition) is 3. The summed E-state index contributed by atoms with van der Waals surface area (Å²) in [6.45, 7) is 2.35. The first kappa shape index (κ1) is 17.9. The third-order valence-corrected chi connectivity index (χ3v) is 3.34. The maximum absolute atomic E-state index is 12.1. The maximum atomic E-state index is 12.1. The quantitative estimate of drug-likeness (QED) is 0.666. The molecule has 0 saturated heterocycles. The van der Waals surface area contributed by atoms with Crippen LogP contribution in [0.4, 0.5) is 5.69 Å². The third kappa shape index (κ3) is 6.10. The van der Waals surface area contributed by atoms with Gasteiger partial charge in [-0.05, 0) is 26.0 Å². The molecule has 1 amide bonds. The Morgan fingerprint density at radius 1 is 1.32 bits per heavy atom. The lowest BCUT2D eigenvalue weighted by molar-refractivity contribution is -0.139. The van der Waals surface area contributed by atoms with Crippen LogP contribution < -0.4 is 14.8 Å². The van der Waals surface area contributed by atoms with E-state index in [1.807, 2.05) is 0 Å². The van der Waals surface area contributed by atoms with Gasteiger partial charge >= 0.3 is 5.97 Å². The molecule has 0 heterocycles. The van der Waals surface area contributed by atoms with E-state index in [-0.39, 0.29) is 5.75 Å². The maximum Gasteiger partial charge on any atom is 0.341 e. The standard InChI is InChI=1S/C13H18N2O6S/c1-13(2,15-22(3,19)20)12(18)14-9-5-4-6-10(7-9)21-8-11(16)17/h4-7,15H,8H2,1-3H3,(H,14,18)(H,16,17). The minimum Gasteiger partial charge on any atom is -0.482 e. The van der Waals surface area contributed by atoms with Crippen LogP contribution in [0.15, 0.2) is 24.3 Å². The molecule has 0 aliphatic carbocycles. The normalized spacial score (nSPS) is 11.8. The number of amides is 1. The summed E-state index contributed by atoms with van der Waals surface area (Å²) < 4.78 is 29.7. The molecule has 1 aromatic carbocycles. The Morgan fingerprint density at radius 3 is 2.50 bits per heavy atom. The minimum absolute atomic E-state index is 0.272. The van der Waals surface area contributed by atoms with Crippen LogP contribution in [-0.4, -0.2) is 43.8 Å². The van der Waals surface area contributed by atoms with Gasteiger partial charge in [0.25, 0.3) is 0 Å². The highest BCUT2D eigenvalue weighted by Crippen LogP contribution is 2.18. The van der Waals surface area contributed by atoms with Gasteiger partial charge in [-0.2, -0.15) is 0 Å². The first-order valence-electron chi connectivity index (χ1n) is 6.25. The van der Waals surface area contributed by atoms with Gasteiger partial charge in [0, 0.05) is 11.8 Å². The van der Waals surface area contributed by atoms with Gasteiger partial charge in [-0.25, -0.2) is 17.9 Å².